The maximum absolute atomic E-state index is 13.3. The summed E-state index contributed by atoms with van der Waals surface area (Å²) in [5.74, 6) is -0.670. The summed E-state index contributed by atoms with van der Waals surface area (Å²) < 4.78 is 0. The summed E-state index contributed by atoms with van der Waals surface area (Å²) in [5.41, 5.74) is 1.43. The number of aryl methyl sites for hydroxylation is 2. The van der Waals surface area contributed by atoms with Crippen molar-refractivity contribution in [2.45, 2.75) is 32.4 Å². The third kappa shape index (κ3) is 3.17. The molecule has 0 bridgehead atoms. The highest BCUT2D eigenvalue weighted by molar-refractivity contribution is 7.14. The van der Waals surface area contributed by atoms with Crippen molar-refractivity contribution in [3.63, 3.8) is 0 Å². The van der Waals surface area contributed by atoms with Gasteiger partial charge in [0.05, 0.1) is 23.5 Å². The number of amides is 1. The fourth-order valence-corrected chi connectivity index (χ4v) is 4.42. The van der Waals surface area contributed by atoms with E-state index in [2.05, 4.69) is 0 Å². The zero-order valence-corrected chi connectivity index (χ0v) is 16.6. The van der Waals surface area contributed by atoms with Gasteiger partial charge in [0.25, 0.3) is 5.91 Å². The number of nitrogens with zero attached hydrogens (tertiary/aromatic N) is 1. The second-order valence-electron chi connectivity index (χ2n) is 7.26. The molecule has 28 heavy (non-hydrogen) atoms. The molecular weight excluding hydrogens is 370 g/mol. The molecule has 1 atom stereocenters. The van der Waals surface area contributed by atoms with Gasteiger partial charge in [-0.3, -0.25) is 9.59 Å². The number of rotatable bonds is 5. The number of hydrogen-bond donors (Lipinski definition) is 1. The van der Waals surface area contributed by atoms with Crippen LogP contribution in [0, 0.1) is 13.8 Å². The molecule has 1 N–H and O–H groups in total. The second kappa shape index (κ2) is 7.00. The van der Waals surface area contributed by atoms with E-state index >= 15 is 0 Å². The van der Waals surface area contributed by atoms with E-state index in [9.17, 15) is 14.7 Å². The SMILES string of the molecule is Cc1ccc(CN2C(=O)[C@](O)(CC(=O)c3ccc(C)s3)c3ccccc32)cc1. The highest BCUT2D eigenvalue weighted by Crippen LogP contribution is 2.43. The minimum absolute atomic E-state index is 0.221. The minimum Gasteiger partial charge on any atom is -0.375 e. The number of thiophene rings is 1. The van der Waals surface area contributed by atoms with Crippen LogP contribution in [0.25, 0.3) is 0 Å². The second-order valence-corrected chi connectivity index (χ2v) is 8.55. The molecule has 4 nitrogen and oxygen atoms in total. The number of fused-ring (bicyclic) bond motifs is 1. The largest absolute Gasteiger partial charge is 0.375 e. The summed E-state index contributed by atoms with van der Waals surface area (Å²) in [4.78, 5) is 29.2. The Morgan fingerprint density at radius 1 is 1.04 bits per heavy atom. The first-order valence-electron chi connectivity index (χ1n) is 9.17. The number of Topliss-reactive ketones (excluding diaryl/α,β-unsaturated/α-hetero) is 1. The van der Waals surface area contributed by atoms with Crippen LogP contribution in [0.1, 0.15) is 37.7 Å². The van der Waals surface area contributed by atoms with Gasteiger partial charge in [0.15, 0.2) is 11.4 Å². The van der Waals surface area contributed by atoms with Crippen LogP contribution in [0.4, 0.5) is 5.69 Å². The van der Waals surface area contributed by atoms with E-state index in [-0.39, 0.29) is 12.2 Å². The van der Waals surface area contributed by atoms with E-state index in [4.69, 9.17) is 0 Å². The molecule has 0 unspecified atom stereocenters. The average molecular weight is 391 g/mol. The highest BCUT2D eigenvalue weighted by Gasteiger charge is 2.50. The van der Waals surface area contributed by atoms with Gasteiger partial charge in [0.1, 0.15) is 0 Å². The summed E-state index contributed by atoms with van der Waals surface area (Å²) >= 11 is 1.38. The average Bonchev–Trinajstić information content (AvgIpc) is 3.20. The van der Waals surface area contributed by atoms with Crippen LogP contribution < -0.4 is 4.90 Å². The first-order chi connectivity index (χ1) is 13.4. The van der Waals surface area contributed by atoms with Gasteiger partial charge in [-0.15, -0.1) is 11.3 Å². The normalized spacial score (nSPS) is 18.4. The van der Waals surface area contributed by atoms with Gasteiger partial charge in [0, 0.05) is 10.4 Å². The number of para-hydroxylation sites is 1. The lowest BCUT2D eigenvalue weighted by Crippen LogP contribution is -2.41. The van der Waals surface area contributed by atoms with Crippen molar-refractivity contribution < 1.29 is 14.7 Å². The lowest BCUT2D eigenvalue weighted by molar-refractivity contribution is -0.136. The number of carbonyl (C=O) groups is 2. The number of benzene rings is 2. The first kappa shape index (κ1) is 18.6. The molecule has 0 aliphatic carbocycles. The number of anilines is 1. The molecule has 3 aromatic rings. The van der Waals surface area contributed by atoms with E-state index in [0.717, 1.165) is 16.0 Å². The molecule has 142 valence electrons. The molecule has 0 saturated heterocycles. The Morgan fingerprint density at radius 3 is 2.43 bits per heavy atom. The number of carbonyl (C=O) groups excluding carboxylic acids is 2. The molecule has 4 rings (SSSR count). The number of ketones is 1. The lowest BCUT2D eigenvalue weighted by Gasteiger charge is -2.22. The van der Waals surface area contributed by atoms with Crippen LogP contribution in [-0.4, -0.2) is 16.8 Å². The molecule has 0 fully saturated rings. The molecule has 1 amide bonds. The Labute approximate surface area is 168 Å². The standard InChI is InChI=1S/C23H21NO3S/c1-15-7-10-17(11-8-15)14-24-19-6-4-3-5-18(19)23(27,22(24)26)13-20(25)21-12-9-16(2)28-21/h3-12,27H,13-14H2,1-2H3/t23-/m0/s1. The molecule has 0 radical (unpaired) electrons. The van der Waals surface area contributed by atoms with Crippen LogP contribution in [0.2, 0.25) is 0 Å². The fraction of sp³-hybridized carbons (Fsp3) is 0.217. The summed E-state index contributed by atoms with van der Waals surface area (Å²) in [6.45, 7) is 4.29. The molecule has 2 aromatic carbocycles. The number of aliphatic hydroxyl groups is 1. The molecule has 0 spiro atoms. The highest BCUT2D eigenvalue weighted by atomic mass is 32.1. The Hall–Kier alpha value is -2.76. The molecular formula is C23H21NO3S. The summed E-state index contributed by atoms with van der Waals surface area (Å²) in [7, 11) is 0. The van der Waals surface area contributed by atoms with E-state index < -0.39 is 11.5 Å². The number of hydrogen-bond acceptors (Lipinski definition) is 4. The molecule has 2 heterocycles. The van der Waals surface area contributed by atoms with Gasteiger partial charge in [-0.2, -0.15) is 0 Å². The van der Waals surface area contributed by atoms with Crippen molar-refractivity contribution in [3.05, 3.63) is 87.1 Å². The molecule has 1 aliphatic heterocycles. The molecule has 1 aromatic heterocycles. The predicted octanol–water partition coefficient (Wildman–Crippen LogP) is 4.37. The Balaban J connectivity index is 1.67. The van der Waals surface area contributed by atoms with Crippen LogP contribution in [-0.2, 0) is 16.9 Å². The summed E-state index contributed by atoms with van der Waals surface area (Å²) in [6.07, 6.45) is -0.257. The summed E-state index contributed by atoms with van der Waals surface area (Å²) in [6, 6.07) is 18.7. The van der Waals surface area contributed by atoms with Crippen molar-refractivity contribution in [1.29, 1.82) is 0 Å². The van der Waals surface area contributed by atoms with Crippen LogP contribution in [0.3, 0.4) is 0 Å². The van der Waals surface area contributed by atoms with Gasteiger partial charge in [-0.1, -0.05) is 48.0 Å². The Kier molecular flexibility index (Phi) is 4.65. The van der Waals surface area contributed by atoms with E-state index in [0.29, 0.717) is 22.7 Å². The van der Waals surface area contributed by atoms with Crippen molar-refractivity contribution in [2.75, 3.05) is 4.90 Å². The van der Waals surface area contributed by atoms with Crippen LogP contribution in [0.15, 0.2) is 60.7 Å². The molecule has 0 saturated carbocycles. The van der Waals surface area contributed by atoms with Gasteiger partial charge in [0.2, 0.25) is 0 Å². The van der Waals surface area contributed by atoms with E-state index in [1.165, 1.54) is 11.3 Å². The zero-order valence-electron chi connectivity index (χ0n) is 15.8. The topological polar surface area (TPSA) is 57.6 Å². The zero-order chi connectivity index (χ0) is 19.9. The molecule has 5 heteroatoms. The third-order valence-corrected chi connectivity index (χ3v) is 6.17. The smallest absolute Gasteiger partial charge is 0.264 e. The van der Waals surface area contributed by atoms with Crippen molar-refractivity contribution >= 4 is 28.7 Å². The van der Waals surface area contributed by atoms with Crippen molar-refractivity contribution in [1.82, 2.24) is 0 Å². The molecule has 1 aliphatic rings. The van der Waals surface area contributed by atoms with E-state index in [1.54, 1.807) is 23.1 Å². The van der Waals surface area contributed by atoms with Crippen LogP contribution >= 0.6 is 11.3 Å². The van der Waals surface area contributed by atoms with Crippen molar-refractivity contribution in [3.8, 4) is 0 Å². The Bertz CT molecular complexity index is 1050. The monoisotopic (exact) mass is 391 g/mol. The van der Waals surface area contributed by atoms with Gasteiger partial charge < -0.3 is 10.0 Å². The minimum atomic E-state index is -1.84. The maximum atomic E-state index is 13.3. The Morgan fingerprint density at radius 2 is 1.75 bits per heavy atom. The van der Waals surface area contributed by atoms with Crippen LogP contribution in [0.5, 0.6) is 0 Å². The lowest BCUT2D eigenvalue weighted by atomic mass is 9.89. The fourth-order valence-electron chi connectivity index (χ4n) is 3.61. The van der Waals surface area contributed by atoms with Gasteiger partial charge in [-0.05, 0) is 37.6 Å². The van der Waals surface area contributed by atoms with E-state index in [1.807, 2.05) is 56.3 Å². The third-order valence-electron chi connectivity index (χ3n) is 5.13. The van der Waals surface area contributed by atoms with Gasteiger partial charge in [-0.25, -0.2) is 0 Å². The van der Waals surface area contributed by atoms with Crippen molar-refractivity contribution in [2.24, 2.45) is 0 Å². The maximum Gasteiger partial charge on any atom is 0.264 e. The van der Waals surface area contributed by atoms with Gasteiger partial charge >= 0.3 is 0 Å². The predicted molar refractivity (Wildman–Crippen MR) is 111 cm³/mol. The first-order valence-corrected chi connectivity index (χ1v) is 9.99. The summed E-state index contributed by atoms with van der Waals surface area (Å²) in [5, 5.41) is 11.3. The quantitative estimate of drug-likeness (QED) is 0.657.